The Morgan fingerprint density at radius 2 is 1.52 bits per heavy atom. The molecule has 0 saturated carbocycles. The summed E-state index contributed by atoms with van der Waals surface area (Å²) in [5.74, 6) is -1.56. The number of benzene rings is 3. The lowest BCUT2D eigenvalue weighted by atomic mass is 10.1. The van der Waals surface area contributed by atoms with E-state index in [1.165, 1.54) is 24.3 Å². The molecule has 3 aromatic carbocycles. The van der Waals surface area contributed by atoms with Crippen molar-refractivity contribution in [3.63, 3.8) is 0 Å². The molecule has 0 aliphatic rings. The third-order valence-electron chi connectivity index (χ3n) is 4.21. The molecule has 1 N–H and O–H groups in total. The Labute approximate surface area is 185 Å². The normalized spacial score (nSPS) is 10.6. The number of carbonyl (C=O) groups is 2. The van der Waals surface area contributed by atoms with Gasteiger partial charge in [0.25, 0.3) is 17.3 Å². The highest BCUT2D eigenvalue weighted by molar-refractivity contribution is 5.96. The topological polar surface area (TPSA) is 166 Å². The molecule has 0 saturated heterocycles. The maximum atomic E-state index is 12.2. The summed E-state index contributed by atoms with van der Waals surface area (Å²) < 4.78 is 0. The van der Waals surface area contributed by atoms with Crippen LogP contribution in [-0.2, 0) is 4.84 Å². The summed E-state index contributed by atoms with van der Waals surface area (Å²) in [5.41, 5.74) is 2.89. The van der Waals surface area contributed by atoms with Gasteiger partial charge in [-0.3, -0.25) is 25.0 Å². The van der Waals surface area contributed by atoms with Crippen LogP contribution in [0.2, 0.25) is 0 Å². The van der Waals surface area contributed by atoms with Crippen LogP contribution in [-0.4, -0.2) is 21.7 Å². The molecule has 3 aromatic rings. The number of aryl methyl sites for hydroxylation is 1. The molecule has 0 spiro atoms. The summed E-state index contributed by atoms with van der Waals surface area (Å²) in [5, 5.41) is 29.0. The van der Waals surface area contributed by atoms with Crippen molar-refractivity contribution in [3.8, 4) is 0 Å². The summed E-state index contributed by atoms with van der Waals surface area (Å²) in [7, 11) is 0. The number of rotatable bonds is 7. The number of nitro groups is 2. The molecule has 0 unspecified atom stereocenters. The van der Waals surface area contributed by atoms with E-state index in [0.717, 1.165) is 23.8 Å². The number of nitrogens with one attached hydrogen (secondary N) is 1. The van der Waals surface area contributed by atoms with E-state index >= 15 is 0 Å². The van der Waals surface area contributed by atoms with E-state index in [1.54, 1.807) is 18.2 Å². The lowest BCUT2D eigenvalue weighted by molar-refractivity contribution is -0.394. The summed E-state index contributed by atoms with van der Waals surface area (Å²) in [6.07, 6.45) is 0. The first kappa shape index (κ1) is 22.7. The van der Waals surface area contributed by atoms with Gasteiger partial charge in [-0.05, 0) is 43.3 Å². The maximum Gasteiger partial charge on any atom is 0.362 e. The fraction of sp³-hybridized carbons (Fsp3) is 0.0476. The SMILES string of the molecule is Cc1cccc(C(=O)ONc2ccc(N=NC(=O)c3cc([N+](=O)[O-])cc([N+](=O)[O-])c3)cc2)c1. The lowest BCUT2D eigenvalue weighted by Crippen LogP contribution is -2.10. The fourth-order valence-corrected chi connectivity index (χ4v) is 2.62. The Kier molecular flexibility index (Phi) is 6.78. The van der Waals surface area contributed by atoms with Crippen LogP contribution in [0.4, 0.5) is 22.7 Å². The Bertz CT molecular complexity index is 1240. The molecule has 33 heavy (non-hydrogen) atoms. The zero-order valence-electron chi connectivity index (χ0n) is 17.0. The summed E-state index contributed by atoms with van der Waals surface area (Å²) in [4.78, 5) is 49.4. The molecule has 0 aromatic heterocycles. The largest absolute Gasteiger partial charge is 0.362 e. The van der Waals surface area contributed by atoms with Gasteiger partial charge < -0.3 is 4.84 Å². The van der Waals surface area contributed by atoms with Crippen LogP contribution in [0.15, 0.2) is 77.0 Å². The molecule has 1 amide bonds. The highest BCUT2D eigenvalue weighted by Gasteiger charge is 2.19. The van der Waals surface area contributed by atoms with Crippen LogP contribution in [0.5, 0.6) is 0 Å². The molecule has 0 fully saturated rings. The summed E-state index contributed by atoms with van der Waals surface area (Å²) >= 11 is 0. The molecule has 0 aliphatic carbocycles. The van der Waals surface area contributed by atoms with Crippen LogP contribution < -0.4 is 5.48 Å². The number of nitrogens with zero attached hydrogens (tertiary/aromatic N) is 4. The van der Waals surface area contributed by atoms with Gasteiger partial charge in [0.05, 0.1) is 38.4 Å². The van der Waals surface area contributed by atoms with Gasteiger partial charge in [-0.2, -0.15) is 0 Å². The second-order valence-corrected chi connectivity index (χ2v) is 6.67. The van der Waals surface area contributed by atoms with Crippen LogP contribution in [0.25, 0.3) is 0 Å². The standard InChI is InChI=1S/C21H15N5O7/c1-13-3-2-4-14(9-13)21(28)33-24-17-7-5-16(6-8-17)22-23-20(27)15-10-18(25(29)30)12-19(11-15)26(31)32/h2-12,24H,1H3. The van der Waals surface area contributed by atoms with Crippen molar-refractivity contribution in [2.45, 2.75) is 6.92 Å². The highest BCUT2D eigenvalue weighted by atomic mass is 16.7. The first-order valence-corrected chi connectivity index (χ1v) is 9.27. The van der Waals surface area contributed by atoms with Crippen molar-refractivity contribution in [2.75, 3.05) is 5.48 Å². The molecule has 0 radical (unpaired) electrons. The third-order valence-corrected chi connectivity index (χ3v) is 4.21. The number of anilines is 1. The number of nitro benzene ring substituents is 2. The third kappa shape index (κ3) is 6.01. The maximum absolute atomic E-state index is 12.2. The first-order chi connectivity index (χ1) is 15.7. The minimum absolute atomic E-state index is 0.249. The second kappa shape index (κ2) is 9.87. The number of amides is 1. The van der Waals surface area contributed by atoms with Gasteiger partial charge in [-0.25, -0.2) is 10.3 Å². The average Bonchev–Trinajstić information content (AvgIpc) is 2.81. The van der Waals surface area contributed by atoms with Crippen LogP contribution >= 0.6 is 0 Å². The van der Waals surface area contributed by atoms with Crippen molar-refractivity contribution >= 4 is 34.6 Å². The Balaban J connectivity index is 1.65. The molecule has 12 heteroatoms. The van der Waals surface area contributed by atoms with Gasteiger partial charge in [0, 0.05) is 12.1 Å². The minimum Gasteiger partial charge on any atom is -0.338 e. The van der Waals surface area contributed by atoms with Gasteiger partial charge in [-0.1, -0.05) is 17.7 Å². The Hall–Kier alpha value is -5.00. The smallest absolute Gasteiger partial charge is 0.338 e. The highest BCUT2D eigenvalue weighted by Crippen LogP contribution is 2.24. The molecule has 0 atom stereocenters. The molecule has 0 heterocycles. The first-order valence-electron chi connectivity index (χ1n) is 9.27. The van der Waals surface area contributed by atoms with E-state index in [1.807, 2.05) is 13.0 Å². The number of hydrogen-bond acceptors (Lipinski definition) is 9. The predicted molar refractivity (Wildman–Crippen MR) is 115 cm³/mol. The van der Waals surface area contributed by atoms with Crippen LogP contribution in [0.1, 0.15) is 26.3 Å². The van der Waals surface area contributed by atoms with E-state index in [2.05, 4.69) is 15.7 Å². The van der Waals surface area contributed by atoms with Crippen molar-refractivity contribution in [2.24, 2.45) is 10.2 Å². The molecule has 0 aliphatic heterocycles. The number of carbonyl (C=O) groups excluding carboxylic acids is 2. The second-order valence-electron chi connectivity index (χ2n) is 6.67. The lowest BCUT2D eigenvalue weighted by Gasteiger charge is -2.07. The van der Waals surface area contributed by atoms with Crippen molar-refractivity contribution < 1.29 is 24.3 Å². The summed E-state index contributed by atoms with van der Waals surface area (Å²) in [6.45, 7) is 1.85. The zero-order chi connectivity index (χ0) is 24.0. The van der Waals surface area contributed by atoms with Crippen molar-refractivity contribution in [1.82, 2.24) is 0 Å². The van der Waals surface area contributed by atoms with E-state index < -0.39 is 33.1 Å². The molecular formula is C21H15N5O7. The van der Waals surface area contributed by atoms with Crippen molar-refractivity contribution in [3.05, 3.63) is 104 Å². The van der Waals surface area contributed by atoms with Gasteiger partial charge in [-0.15, -0.1) is 10.2 Å². The van der Waals surface area contributed by atoms with Gasteiger partial charge in [0.15, 0.2) is 0 Å². The van der Waals surface area contributed by atoms with Gasteiger partial charge >= 0.3 is 5.97 Å². The molecule has 3 rings (SSSR count). The zero-order valence-corrected chi connectivity index (χ0v) is 17.0. The monoisotopic (exact) mass is 449 g/mol. The van der Waals surface area contributed by atoms with E-state index in [0.29, 0.717) is 11.3 Å². The van der Waals surface area contributed by atoms with Gasteiger partial charge in [0.2, 0.25) is 0 Å². The molecule has 12 nitrogen and oxygen atoms in total. The predicted octanol–water partition coefficient (Wildman–Crippen LogP) is 4.92. The fourth-order valence-electron chi connectivity index (χ4n) is 2.62. The molecule has 166 valence electrons. The van der Waals surface area contributed by atoms with E-state index in [9.17, 15) is 29.8 Å². The van der Waals surface area contributed by atoms with Crippen molar-refractivity contribution in [1.29, 1.82) is 0 Å². The Morgan fingerprint density at radius 1 is 0.879 bits per heavy atom. The quantitative estimate of drug-likeness (QED) is 0.301. The van der Waals surface area contributed by atoms with E-state index in [-0.39, 0.29) is 11.3 Å². The Morgan fingerprint density at radius 3 is 2.09 bits per heavy atom. The van der Waals surface area contributed by atoms with Gasteiger partial charge in [0.1, 0.15) is 0 Å². The molecule has 0 bridgehead atoms. The summed E-state index contributed by atoms with van der Waals surface area (Å²) in [6, 6.07) is 15.3. The average molecular weight is 449 g/mol. The van der Waals surface area contributed by atoms with Crippen LogP contribution in [0.3, 0.4) is 0 Å². The minimum atomic E-state index is -0.990. The molecular weight excluding hydrogens is 434 g/mol. The number of hydrogen-bond donors (Lipinski definition) is 1. The van der Waals surface area contributed by atoms with E-state index in [4.69, 9.17) is 4.84 Å². The number of non-ortho nitro benzene ring substituents is 2. The van der Waals surface area contributed by atoms with Crippen LogP contribution in [0, 0.1) is 27.2 Å². The number of azo groups is 1.